The molecule has 0 radical (unpaired) electrons. The molecular weight excluding hydrogens is 473 g/mol. The van der Waals surface area contributed by atoms with E-state index in [0.717, 1.165) is 24.9 Å². The maximum atomic E-state index is 13.2. The van der Waals surface area contributed by atoms with Crippen LogP contribution in [0.2, 0.25) is 0 Å². The summed E-state index contributed by atoms with van der Waals surface area (Å²) in [4.78, 5) is 30.8. The molecule has 6 nitrogen and oxygen atoms in total. The number of aliphatic carboxylic acids is 1. The average Bonchev–Trinajstić information content (AvgIpc) is 3.29. The van der Waals surface area contributed by atoms with Gasteiger partial charge < -0.3 is 20.0 Å². The molecule has 1 fully saturated rings. The van der Waals surface area contributed by atoms with E-state index >= 15 is 0 Å². The zero-order valence-corrected chi connectivity index (χ0v) is 19.6. The molecule has 0 spiro atoms. The Morgan fingerprint density at radius 1 is 0.941 bits per heavy atom. The number of carbonyl (C=O) groups is 2. The number of carboxylic acids is 1. The fourth-order valence-electron chi connectivity index (χ4n) is 4.15. The minimum atomic E-state index is -1.27. The number of hydrogen-bond acceptors (Lipinski definition) is 5. The van der Waals surface area contributed by atoms with E-state index in [1.807, 2.05) is 66.7 Å². The minimum absolute atomic E-state index is 0. The summed E-state index contributed by atoms with van der Waals surface area (Å²) in [5, 5.41) is 15.6. The van der Waals surface area contributed by atoms with Gasteiger partial charge in [-0.25, -0.2) is 0 Å². The third-order valence-corrected chi connectivity index (χ3v) is 5.68. The number of amides is 1. The van der Waals surface area contributed by atoms with Crippen LogP contribution >= 0.6 is 0 Å². The van der Waals surface area contributed by atoms with Crippen molar-refractivity contribution in [3.8, 4) is 0 Å². The molecular formula is C27H25N3NiO3. The maximum absolute atomic E-state index is 13.2. The van der Waals surface area contributed by atoms with Crippen molar-refractivity contribution in [1.29, 1.82) is 0 Å². The average molecular weight is 498 g/mol. The number of para-hydroxylation sites is 1. The molecule has 176 valence electrons. The van der Waals surface area contributed by atoms with Crippen LogP contribution in [0.1, 0.15) is 29.5 Å². The molecule has 1 amide bonds. The van der Waals surface area contributed by atoms with Gasteiger partial charge in [0, 0.05) is 12.1 Å². The predicted molar refractivity (Wildman–Crippen MR) is 126 cm³/mol. The molecule has 0 N–H and O–H groups in total. The van der Waals surface area contributed by atoms with Crippen LogP contribution < -0.4 is 5.11 Å². The van der Waals surface area contributed by atoms with E-state index < -0.39 is 12.5 Å². The number of nitrogens with zero attached hydrogens (tertiary/aromatic N) is 3. The quantitative estimate of drug-likeness (QED) is 0.352. The number of carbonyl (C=O) groups excluding carboxylic acids is 2. The third-order valence-electron chi connectivity index (χ3n) is 5.68. The fourth-order valence-corrected chi connectivity index (χ4v) is 4.15. The molecule has 0 saturated carbocycles. The van der Waals surface area contributed by atoms with E-state index in [-0.39, 0.29) is 28.4 Å². The molecule has 4 rings (SSSR count). The second-order valence-corrected chi connectivity index (χ2v) is 7.98. The van der Waals surface area contributed by atoms with Crippen molar-refractivity contribution in [3.05, 3.63) is 107 Å². The predicted octanol–water partition coefficient (Wildman–Crippen LogP) is 3.47. The molecule has 3 aromatic rings. The molecule has 3 aromatic carbocycles. The molecule has 0 bridgehead atoms. The van der Waals surface area contributed by atoms with Gasteiger partial charge in [-0.05, 0) is 30.5 Å². The first-order valence-electron chi connectivity index (χ1n) is 11.0. The topological polar surface area (TPSA) is 86.9 Å². The van der Waals surface area contributed by atoms with Gasteiger partial charge in [0.05, 0.1) is 30.2 Å². The third kappa shape index (κ3) is 6.40. The first kappa shape index (κ1) is 25.3. The van der Waals surface area contributed by atoms with Crippen molar-refractivity contribution in [2.45, 2.75) is 25.4 Å². The van der Waals surface area contributed by atoms with Crippen molar-refractivity contribution in [2.24, 2.45) is 4.99 Å². The zero-order valence-electron chi connectivity index (χ0n) is 18.6. The van der Waals surface area contributed by atoms with E-state index in [9.17, 15) is 14.7 Å². The second-order valence-electron chi connectivity index (χ2n) is 7.98. The summed E-state index contributed by atoms with van der Waals surface area (Å²) >= 11 is 0. The Balaban J connectivity index is 0.00000324. The van der Waals surface area contributed by atoms with E-state index in [2.05, 4.69) is 27.3 Å². The van der Waals surface area contributed by atoms with Crippen LogP contribution in [0.4, 0.5) is 5.69 Å². The van der Waals surface area contributed by atoms with Crippen LogP contribution in [0, 0.1) is 0 Å². The summed E-state index contributed by atoms with van der Waals surface area (Å²) < 4.78 is 0. The monoisotopic (exact) mass is 497 g/mol. The Labute approximate surface area is 209 Å². The van der Waals surface area contributed by atoms with E-state index in [4.69, 9.17) is 0 Å². The van der Waals surface area contributed by atoms with Crippen LogP contribution in [0.5, 0.6) is 0 Å². The molecule has 1 atom stereocenters. The summed E-state index contributed by atoms with van der Waals surface area (Å²) in [7, 11) is 0. The fraction of sp³-hybridized carbons (Fsp3) is 0.222. The molecule has 1 aliphatic heterocycles. The van der Waals surface area contributed by atoms with Crippen LogP contribution in [0.15, 0.2) is 89.9 Å². The second kappa shape index (κ2) is 12.3. The van der Waals surface area contributed by atoms with Crippen molar-refractivity contribution in [3.63, 3.8) is 0 Å². The van der Waals surface area contributed by atoms with Crippen LogP contribution in [0.25, 0.3) is 5.32 Å². The summed E-state index contributed by atoms with van der Waals surface area (Å²) in [6.07, 6.45) is 1.71. The van der Waals surface area contributed by atoms with E-state index in [1.54, 1.807) is 6.07 Å². The number of rotatable bonds is 8. The zero-order chi connectivity index (χ0) is 23.0. The van der Waals surface area contributed by atoms with E-state index in [0.29, 0.717) is 23.5 Å². The Morgan fingerprint density at radius 3 is 2.29 bits per heavy atom. The molecule has 1 aliphatic rings. The SMILES string of the molecule is O=C([O-])CN=C(c1ccccc1)c1ccccc1[N-]C(=O)C1CCCN1Cc1ccccc1.[Ni+2]. The van der Waals surface area contributed by atoms with Gasteiger partial charge in [-0.1, -0.05) is 84.9 Å². The van der Waals surface area contributed by atoms with Crippen LogP contribution in [-0.4, -0.2) is 41.6 Å². The molecule has 1 unspecified atom stereocenters. The molecule has 1 heterocycles. The van der Waals surface area contributed by atoms with Gasteiger partial charge in [0.1, 0.15) is 0 Å². The normalized spacial score (nSPS) is 16.0. The van der Waals surface area contributed by atoms with Crippen molar-refractivity contribution in [2.75, 3.05) is 13.1 Å². The number of hydrogen-bond donors (Lipinski definition) is 0. The van der Waals surface area contributed by atoms with Gasteiger partial charge in [0.2, 0.25) is 0 Å². The summed E-state index contributed by atoms with van der Waals surface area (Å²) in [5.41, 5.74) is 3.49. The van der Waals surface area contributed by atoms with Gasteiger partial charge >= 0.3 is 16.5 Å². The largest absolute Gasteiger partial charge is 2.00 e. The molecule has 1 saturated heterocycles. The van der Waals surface area contributed by atoms with Gasteiger partial charge in [0.15, 0.2) is 0 Å². The van der Waals surface area contributed by atoms with Crippen molar-refractivity contribution in [1.82, 2.24) is 4.90 Å². The molecule has 0 aliphatic carbocycles. The Morgan fingerprint density at radius 2 is 1.59 bits per heavy atom. The Kier molecular flexibility index (Phi) is 9.14. The summed E-state index contributed by atoms with van der Waals surface area (Å²) in [6.45, 7) is 1.08. The van der Waals surface area contributed by atoms with Gasteiger partial charge in [-0.2, -0.15) is 0 Å². The number of likely N-dealkylation sites (tertiary alicyclic amines) is 1. The van der Waals surface area contributed by atoms with Gasteiger partial charge in [-0.3, -0.25) is 9.89 Å². The van der Waals surface area contributed by atoms with Crippen LogP contribution in [0.3, 0.4) is 0 Å². The van der Waals surface area contributed by atoms with Gasteiger partial charge in [0.25, 0.3) is 0 Å². The summed E-state index contributed by atoms with van der Waals surface area (Å²) in [6, 6.07) is 26.3. The Hall–Kier alpha value is -3.28. The molecule has 7 heteroatoms. The van der Waals surface area contributed by atoms with Crippen molar-refractivity contribution < 1.29 is 31.2 Å². The standard InChI is InChI=1S/C27H27N3O3.Ni/c31-25(32)18-28-26(21-12-5-2-6-13-21)22-14-7-8-15-23(22)29-27(33)24-16-9-17-30(24)19-20-10-3-1-4-11-20;/h1-8,10-15,24H,9,16-19H2,(H2,28,29,31,32,33);/q;+2/p-2. The Bertz CT molecular complexity index is 1140. The van der Waals surface area contributed by atoms with Crippen molar-refractivity contribution >= 4 is 23.3 Å². The minimum Gasteiger partial charge on any atom is -0.625 e. The smallest absolute Gasteiger partial charge is 0.625 e. The first-order valence-corrected chi connectivity index (χ1v) is 11.0. The maximum Gasteiger partial charge on any atom is 2.00 e. The summed E-state index contributed by atoms with van der Waals surface area (Å²) in [5.74, 6) is -1.46. The van der Waals surface area contributed by atoms with Gasteiger partial charge in [-0.15, -0.1) is 5.69 Å². The molecule has 0 aromatic heterocycles. The molecule has 34 heavy (non-hydrogen) atoms. The van der Waals surface area contributed by atoms with Crippen LogP contribution in [-0.2, 0) is 32.6 Å². The number of carboxylic acid groups (broad SMARTS) is 1. The number of benzene rings is 3. The van der Waals surface area contributed by atoms with E-state index in [1.165, 1.54) is 5.56 Å². The first-order chi connectivity index (χ1) is 16.1. The number of aliphatic imine (C=N–C) groups is 1.